The predicted molar refractivity (Wildman–Crippen MR) is 74.8 cm³/mol. The van der Waals surface area contributed by atoms with Crippen molar-refractivity contribution in [2.45, 2.75) is 33.6 Å². The van der Waals surface area contributed by atoms with Crippen LogP contribution >= 0.6 is 0 Å². The van der Waals surface area contributed by atoms with Crippen molar-refractivity contribution in [2.75, 3.05) is 0 Å². The maximum atomic E-state index is 4.42. The Morgan fingerprint density at radius 2 is 1.94 bits per heavy atom. The highest BCUT2D eigenvalue weighted by Gasteiger charge is 2.00. The second kappa shape index (κ2) is 7.86. The largest absolute Gasteiger partial charge is 0.256 e. The summed E-state index contributed by atoms with van der Waals surface area (Å²) < 4.78 is 0. The first-order chi connectivity index (χ1) is 7.54. The van der Waals surface area contributed by atoms with Crippen LogP contribution in [-0.4, -0.2) is 6.21 Å². The summed E-state index contributed by atoms with van der Waals surface area (Å²) in [5, 5.41) is 0. The third kappa shape index (κ3) is 5.50. The maximum Gasteiger partial charge on any atom is 0.0658 e. The fourth-order valence-corrected chi connectivity index (χ4v) is 0.977. The predicted octanol–water partition coefficient (Wildman–Crippen LogP) is 4.70. The van der Waals surface area contributed by atoms with Gasteiger partial charge in [-0.1, -0.05) is 59.1 Å². The van der Waals surface area contributed by atoms with Gasteiger partial charge >= 0.3 is 0 Å². The van der Waals surface area contributed by atoms with E-state index in [1.54, 1.807) is 6.08 Å². The zero-order valence-electron chi connectivity index (χ0n) is 10.8. The first-order valence-electron chi connectivity index (χ1n) is 5.80. The molecule has 0 fully saturated rings. The first kappa shape index (κ1) is 14.6. The van der Waals surface area contributed by atoms with Crippen LogP contribution in [0.4, 0.5) is 0 Å². The van der Waals surface area contributed by atoms with Gasteiger partial charge in [0.15, 0.2) is 0 Å². The Morgan fingerprint density at radius 3 is 2.38 bits per heavy atom. The zero-order valence-corrected chi connectivity index (χ0v) is 10.8. The van der Waals surface area contributed by atoms with E-state index in [4.69, 9.17) is 0 Å². The molecule has 0 aromatic rings. The number of hydrogen-bond donors (Lipinski definition) is 0. The average molecular weight is 217 g/mol. The van der Waals surface area contributed by atoms with Crippen LogP contribution in [0.15, 0.2) is 53.7 Å². The summed E-state index contributed by atoms with van der Waals surface area (Å²) in [5.41, 5.74) is 2.78. The number of aliphatic imine (C=N–C) groups is 1. The van der Waals surface area contributed by atoms with Gasteiger partial charge in [0, 0.05) is 6.21 Å². The molecule has 16 heavy (non-hydrogen) atoms. The topological polar surface area (TPSA) is 12.4 Å². The Labute approximate surface area is 100.0 Å². The Bertz CT molecular complexity index is 318. The molecule has 0 heterocycles. The van der Waals surface area contributed by atoms with E-state index in [-0.39, 0.29) is 0 Å². The highest BCUT2D eigenvalue weighted by atomic mass is 14.7. The van der Waals surface area contributed by atoms with Crippen molar-refractivity contribution in [1.29, 1.82) is 0 Å². The number of hydrogen-bond acceptors (Lipinski definition) is 1. The SMILES string of the molecule is C=CC(=C)/C(=C/C(C)CC)N=CC(=C)CC. The number of nitrogens with zero attached hydrogens (tertiary/aromatic N) is 1. The molecule has 0 radical (unpaired) electrons. The van der Waals surface area contributed by atoms with Gasteiger partial charge in [-0.3, -0.25) is 4.99 Å². The molecule has 1 heteroatoms. The van der Waals surface area contributed by atoms with Gasteiger partial charge < -0.3 is 0 Å². The molecule has 1 unspecified atom stereocenters. The summed E-state index contributed by atoms with van der Waals surface area (Å²) in [6.45, 7) is 17.9. The molecule has 0 rings (SSSR count). The number of allylic oxidation sites excluding steroid dienone is 3. The molecule has 0 aliphatic heterocycles. The average Bonchev–Trinajstić information content (AvgIpc) is 2.32. The van der Waals surface area contributed by atoms with Crippen molar-refractivity contribution in [2.24, 2.45) is 10.9 Å². The molecule has 0 aliphatic carbocycles. The summed E-state index contributed by atoms with van der Waals surface area (Å²) >= 11 is 0. The van der Waals surface area contributed by atoms with E-state index in [1.165, 1.54) is 0 Å². The quantitative estimate of drug-likeness (QED) is 0.433. The summed E-state index contributed by atoms with van der Waals surface area (Å²) in [7, 11) is 0. The van der Waals surface area contributed by atoms with Crippen molar-refractivity contribution < 1.29 is 0 Å². The Hall–Kier alpha value is -1.37. The zero-order chi connectivity index (χ0) is 12.6. The third-order valence-electron chi connectivity index (χ3n) is 2.50. The smallest absolute Gasteiger partial charge is 0.0658 e. The van der Waals surface area contributed by atoms with E-state index in [9.17, 15) is 0 Å². The van der Waals surface area contributed by atoms with E-state index in [2.05, 4.69) is 51.6 Å². The minimum absolute atomic E-state index is 0.499. The Kier molecular flexibility index (Phi) is 7.19. The van der Waals surface area contributed by atoms with E-state index in [0.717, 1.165) is 29.7 Å². The summed E-state index contributed by atoms with van der Waals surface area (Å²) in [4.78, 5) is 4.42. The Morgan fingerprint density at radius 1 is 1.31 bits per heavy atom. The van der Waals surface area contributed by atoms with E-state index in [1.807, 2.05) is 6.21 Å². The summed E-state index contributed by atoms with van der Waals surface area (Å²) in [5.74, 6) is 0.499. The molecule has 88 valence electrons. The van der Waals surface area contributed by atoms with Crippen LogP contribution in [0.1, 0.15) is 33.6 Å². The Balaban J connectivity index is 4.89. The van der Waals surface area contributed by atoms with Crippen molar-refractivity contribution in [3.05, 3.63) is 48.7 Å². The molecule has 0 bridgehead atoms. The lowest BCUT2D eigenvalue weighted by atomic mass is 10.1. The van der Waals surface area contributed by atoms with E-state index >= 15 is 0 Å². The van der Waals surface area contributed by atoms with Gasteiger partial charge in [0.05, 0.1) is 5.70 Å². The third-order valence-corrected chi connectivity index (χ3v) is 2.50. The van der Waals surface area contributed by atoms with Crippen LogP contribution in [0, 0.1) is 5.92 Å². The van der Waals surface area contributed by atoms with Crippen LogP contribution in [0.25, 0.3) is 0 Å². The fourth-order valence-electron chi connectivity index (χ4n) is 0.977. The van der Waals surface area contributed by atoms with Gasteiger partial charge in [-0.05, 0) is 23.5 Å². The minimum Gasteiger partial charge on any atom is -0.256 e. The van der Waals surface area contributed by atoms with Gasteiger partial charge in [0.25, 0.3) is 0 Å². The number of rotatable bonds is 7. The molecular formula is C15H23N. The molecular weight excluding hydrogens is 194 g/mol. The summed E-state index contributed by atoms with van der Waals surface area (Å²) in [6, 6.07) is 0. The van der Waals surface area contributed by atoms with Gasteiger partial charge in [-0.15, -0.1) is 0 Å². The van der Waals surface area contributed by atoms with Crippen LogP contribution in [0.5, 0.6) is 0 Å². The first-order valence-corrected chi connectivity index (χ1v) is 5.80. The molecule has 1 nitrogen and oxygen atoms in total. The van der Waals surface area contributed by atoms with Gasteiger partial charge in [0.2, 0.25) is 0 Å². The van der Waals surface area contributed by atoms with Crippen molar-refractivity contribution in [3.63, 3.8) is 0 Å². The monoisotopic (exact) mass is 217 g/mol. The molecule has 0 aliphatic rings. The molecule has 0 N–H and O–H groups in total. The normalized spacial score (nSPS) is 13.8. The molecule has 1 atom stereocenters. The molecule has 0 saturated heterocycles. The van der Waals surface area contributed by atoms with Crippen molar-refractivity contribution in [1.82, 2.24) is 0 Å². The van der Waals surface area contributed by atoms with Crippen molar-refractivity contribution >= 4 is 6.21 Å². The highest BCUT2D eigenvalue weighted by Crippen LogP contribution is 2.15. The standard InChI is InChI=1S/C15H23N/c1-7-12(4)10-15(14(6)9-3)16-11-13(5)8-2/h9-12H,3,5-8H2,1-2,4H3/b15-10-,16-11?. The molecule has 0 aromatic heterocycles. The van der Waals surface area contributed by atoms with E-state index < -0.39 is 0 Å². The van der Waals surface area contributed by atoms with Gasteiger partial charge in [-0.25, -0.2) is 0 Å². The highest BCUT2D eigenvalue weighted by molar-refractivity contribution is 5.78. The van der Waals surface area contributed by atoms with Crippen LogP contribution in [0.2, 0.25) is 0 Å². The second-order valence-corrected chi connectivity index (χ2v) is 3.94. The molecule has 0 spiro atoms. The van der Waals surface area contributed by atoms with Crippen LogP contribution in [0.3, 0.4) is 0 Å². The molecule has 0 aromatic carbocycles. The molecule has 0 saturated carbocycles. The maximum absolute atomic E-state index is 4.42. The second-order valence-electron chi connectivity index (χ2n) is 3.94. The minimum atomic E-state index is 0.499. The molecule has 0 amide bonds. The van der Waals surface area contributed by atoms with Crippen molar-refractivity contribution in [3.8, 4) is 0 Å². The lowest BCUT2D eigenvalue weighted by Crippen LogP contribution is -1.91. The lowest BCUT2D eigenvalue weighted by molar-refractivity contribution is 0.693. The summed E-state index contributed by atoms with van der Waals surface area (Å²) in [6.07, 6.45) is 7.69. The van der Waals surface area contributed by atoms with Crippen LogP contribution in [-0.2, 0) is 0 Å². The van der Waals surface area contributed by atoms with Crippen LogP contribution < -0.4 is 0 Å². The van der Waals surface area contributed by atoms with E-state index in [0.29, 0.717) is 5.92 Å². The fraction of sp³-hybridized carbons (Fsp3) is 0.400. The van der Waals surface area contributed by atoms with Gasteiger partial charge in [-0.2, -0.15) is 0 Å². The lowest BCUT2D eigenvalue weighted by Gasteiger charge is -2.06. The van der Waals surface area contributed by atoms with Gasteiger partial charge in [0.1, 0.15) is 0 Å².